The van der Waals surface area contributed by atoms with E-state index in [2.05, 4.69) is 10.2 Å². The molecular weight excluding hydrogens is 231 g/mol. The molecule has 0 aromatic heterocycles. The van der Waals surface area contributed by atoms with E-state index in [9.17, 15) is 9.50 Å². The Kier molecular flexibility index (Phi) is 3.22. The number of aromatic hydroxyl groups is 1. The normalized spacial score (nSPS) is 24.6. The number of hydrogen-bond donors (Lipinski definition) is 2. The lowest BCUT2D eigenvalue weighted by Gasteiger charge is -2.16. The van der Waals surface area contributed by atoms with Gasteiger partial charge in [-0.2, -0.15) is 0 Å². The Morgan fingerprint density at radius 1 is 1.33 bits per heavy atom. The van der Waals surface area contributed by atoms with E-state index in [0.29, 0.717) is 18.2 Å². The van der Waals surface area contributed by atoms with E-state index in [1.807, 2.05) is 0 Å². The van der Waals surface area contributed by atoms with E-state index in [4.69, 9.17) is 0 Å². The first-order valence-corrected chi connectivity index (χ1v) is 6.67. The van der Waals surface area contributed by atoms with E-state index in [-0.39, 0.29) is 11.6 Å². The molecule has 1 aromatic carbocycles. The smallest absolute Gasteiger partial charge is 0.123 e. The van der Waals surface area contributed by atoms with Crippen molar-refractivity contribution >= 4 is 0 Å². The van der Waals surface area contributed by atoms with Crippen LogP contribution >= 0.6 is 0 Å². The highest BCUT2D eigenvalue weighted by atomic mass is 19.1. The predicted octanol–water partition coefficient (Wildman–Crippen LogP) is 1.86. The van der Waals surface area contributed by atoms with E-state index in [1.54, 1.807) is 0 Å². The minimum absolute atomic E-state index is 0.168. The summed E-state index contributed by atoms with van der Waals surface area (Å²) in [5, 5.41) is 13.1. The highest BCUT2D eigenvalue weighted by Gasteiger charge is 2.34. The summed E-state index contributed by atoms with van der Waals surface area (Å²) in [7, 11) is 0. The van der Waals surface area contributed by atoms with Crippen molar-refractivity contribution in [2.24, 2.45) is 0 Å². The largest absolute Gasteiger partial charge is 0.508 e. The first-order valence-electron chi connectivity index (χ1n) is 6.67. The minimum atomic E-state index is -0.296. The van der Waals surface area contributed by atoms with Crippen molar-refractivity contribution in [3.05, 3.63) is 29.6 Å². The second kappa shape index (κ2) is 4.86. The third-order valence-corrected chi connectivity index (χ3v) is 3.91. The van der Waals surface area contributed by atoms with Crippen LogP contribution in [0.1, 0.15) is 24.8 Å². The lowest BCUT2D eigenvalue weighted by molar-refractivity contribution is 0.317. The fourth-order valence-electron chi connectivity index (χ4n) is 2.68. The summed E-state index contributed by atoms with van der Waals surface area (Å²) in [4.78, 5) is 2.53. The zero-order valence-corrected chi connectivity index (χ0v) is 10.4. The lowest BCUT2D eigenvalue weighted by atomic mass is 10.1. The number of phenols is 1. The molecule has 1 aliphatic carbocycles. The molecule has 0 radical (unpaired) electrons. The van der Waals surface area contributed by atoms with Crippen molar-refractivity contribution in [1.82, 2.24) is 10.2 Å². The van der Waals surface area contributed by atoms with Crippen LogP contribution in [0, 0.1) is 5.82 Å². The number of phenolic OH excluding ortho intramolecular Hbond substituents is 1. The summed E-state index contributed by atoms with van der Waals surface area (Å²) >= 11 is 0. The maximum atomic E-state index is 13.1. The van der Waals surface area contributed by atoms with Crippen LogP contribution in [0.4, 0.5) is 4.39 Å². The molecule has 1 unspecified atom stereocenters. The Bertz CT molecular complexity index is 434. The van der Waals surface area contributed by atoms with Crippen molar-refractivity contribution in [1.29, 1.82) is 0 Å². The third kappa shape index (κ3) is 2.65. The van der Waals surface area contributed by atoms with Gasteiger partial charge in [0.25, 0.3) is 0 Å². The second-order valence-corrected chi connectivity index (χ2v) is 5.37. The number of hydrogen-bond acceptors (Lipinski definition) is 3. The predicted molar refractivity (Wildman–Crippen MR) is 67.9 cm³/mol. The number of benzene rings is 1. The average Bonchev–Trinajstić information content (AvgIpc) is 3.10. The number of likely N-dealkylation sites (tertiary alicyclic amines) is 1. The number of nitrogens with zero attached hydrogens (tertiary/aromatic N) is 1. The molecule has 0 spiro atoms. The van der Waals surface area contributed by atoms with Crippen molar-refractivity contribution in [3.8, 4) is 5.75 Å². The Morgan fingerprint density at radius 2 is 2.17 bits per heavy atom. The molecule has 0 bridgehead atoms. The van der Waals surface area contributed by atoms with Gasteiger partial charge in [0.1, 0.15) is 11.6 Å². The Morgan fingerprint density at radius 3 is 2.94 bits per heavy atom. The van der Waals surface area contributed by atoms with Gasteiger partial charge >= 0.3 is 0 Å². The molecule has 2 N–H and O–H groups in total. The second-order valence-electron chi connectivity index (χ2n) is 5.37. The van der Waals surface area contributed by atoms with Gasteiger partial charge in [-0.3, -0.25) is 4.90 Å². The fourth-order valence-corrected chi connectivity index (χ4v) is 2.68. The van der Waals surface area contributed by atoms with Crippen molar-refractivity contribution in [2.75, 3.05) is 13.1 Å². The molecule has 3 rings (SSSR count). The van der Waals surface area contributed by atoms with Crippen LogP contribution in [0.3, 0.4) is 0 Å². The van der Waals surface area contributed by atoms with Gasteiger partial charge in [-0.15, -0.1) is 0 Å². The monoisotopic (exact) mass is 250 g/mol. The summed E-state index contributed by atoms with van der Waals surface area (Å²) in [5.74, 6) is -0.128. The standard InChI is InChI=1S/C14H19FN2O/c15-11-1-4-14(18)10(7-11)8-16-12-5-6-17(9-12)13-2-3-13/h1,4,7,12-13,16,18H,2-3,5-6,8-9H2. The van der Waals surface area contributed by atoms with E-state index in [1.165, 1.54) is 31.0 Å². The average molecular weight is 250 g/mol. The first-order chi connectivity index (χ1) is 8.72. The first kappa shape index (κ1) is 11.9. The van der Waals surface area contributed by atoms with Crippen molar-refractivity contribution < 1.29 is 9.50 Å². The van der Waals surface area contributed by atoms with Gasteiger partial charge in [0.05, 0.1) is 0 Å². The molecular formula is C14H19FN2O. The van der Waals surface area contributed by atoms with Gasteiger partial charge in [-0.05, 0) is 37.5 Å². The number of rotatable bonds is 4. The molecule has 3 nitrogen and oxygen atoms in total. The summed E-state index contributed by atoms with van der Waals surface area (Å²) in [6.07, 6.45) is 3.83. The summed E-state index contributed by atoms with van der Waals surface area (Å²) in [6, 6.07) is 5.38. The summed E-state index contributed by atoms with van der Waals surface area (Å²) in [5.41, 5.74) is 0.639. The van der Waals surface area contributed by atoms with Gasteiger partial charge in [0.15, 0.2) is 0 Å². The van der Waals surface area contributed by atoms with Crippen LogP contribution in [0.25, 0.3) is 0 Å². The molecule has 4 heteroatoms. The van der Waals surface area contributed by atoms with Gasteiger partial charge in [0.2, 0.25) is 0 Å². The van der Waals surface area contributed by atoms with Gasteiger partial charge in [-0.1, -0.05) is 0 Å². The molecule has 1 atom stereocenters. The zero-order chi connectivity index (χ0) is 12.5. The zero-order valence-electron chi connectivity index (χ0n) is 10.4. The third-order valence-electron chi connectivity index (χ3n) is 3.91. The van der Waals surface area contributed by atoms with Crippen LogP contribution in [0.5, 0.6) is 5.75 Å². The Balaban J connectivity index is 1.53. The minimum Gasteiger partial charge on any atom is -0.508 e. The topological polar surface area (TPSA) is 35.5 Å². The van der Waals surface area contributed by atoms with Gasteiger partial charge < -0.3 is 10.4 Å². The van der Waals surface area contributed by atoms with Gasteiger partial charge in [-0.25, -0.2) is 4.39 Å². The lowest BCUT2D eigenvalue weighted by Crippen LogP contribution is -2.32. The number of halogens is 1. The molecule has 1 aliphatic heterocycles. The van der Waals surface area contributed by atoms with Crippen LogP contribution in [-0.4, -0.2) is 35.2 Å². The summed E-state index contributed by atoms with van der Waals surface area (Å²) < 4.78 is 13.1. The Labute approximate surface area is 107 Å². The Hall–Kier alpha value is -1.13. The van der Waals surface area contributed by atoms with E-state index in [0.717, 1.165) is 25.6 Å². The summed E-state index contributed by atoms with van der Waals surface area (Å²) in [6.45, 7) is 2.78. The molecule has 98 valence electrons. The maximum absolute atomic E-state index is 13.1. The molecule has 1 aromatic rings. The fraction of sp³-hybridized carbons (Fsp3) is 0.571. The molecule has 0 amide bonds. The van der Waals surface area contributed by atoms with Crippen LogP contribution in [-0.2, 0) is 6.54 Å². The molecule has 1 heterocycles. The van der Waals surface area contributed by atoms with Gasteiger partial charge in [0, 0.05) is 37.3 Å². The van der Waals surface area contributed by atoms with E-state index >= 15 is 0 Å². The molecule has 18 heavy (non-hydrogen) atoms. The van der Waals surface area contributed by atoms with Crippen LogP contribution < -0.4 is 5.32 Å². The van der Waals surface area contributed by atoms with Crippen LogP contribution in [0.15, 0.2) is 18.2 Å². The number of nitrogens with one attached hydrogen (secondary N) is 1. The van der Waals surface area contributed by atoms with Crippen LogP contribution in [0.2, 0.25) is 0 Å². The van der Waals surface area contributed by atoms with Crippen molar-refractivity contribution in [2.45, 2.75) is 37.9 Å². The highest BCUT2D eigenvalue weighted by molar-refractivity contribution is 5.32. The highest BCUT2D eigenvalue weighted by Crippen LogP contribution is 2.30. The van der Waals surface area contributed by atoms with Crippen molar-refractivity contribution in [3.63, 3.8) is 0 Å². The molecule has 2 aliphatic rings. The SMILES string of the molecule is Oc1ccc(F)cc1CNC1CCN(C2CC2)C1. The molecule has 1 saturated carbocycles. The molecule has 1 saturated heterocycles. The van der Waals surface area contributed by atoms with E-state index < -0.39 is 0 Å². The molecule has 2 fully saturated rings. The maximum Gasteiger partial charge on any atom is 0.123 e. The quantitative estimate of drug-likeness (QED) is 0.856.